The summed E-state index contributed by atoms with van der Waals surface area (Å²) in [5.41, 5.74) is 2.05. The lowest BCUT2D eigenvalue weighted by Crippen LogP contribution is -2.42. The van der Waals surface area contributed by atoms with Crippen molar-refractivity contribution in [3.63, 3.8) is 0 Å². The van der Waals surface area contributed by atoms with Gasteiger partial charge in [-0.1, -0.05) is 42.5 Å². The molecule has 4 aromatic rings. The zero-order valence-corrected chi connectivity index (χ0v) is 17.7. The average molecular weight is 415 g/mol. The molecule has 1 fully saturated rings. The Morgan fingerprint density at radius 3 is 2.52 bits per heavy atom. The van der Waals surface area contributed by atoms with Crippen LogP contribution in [0.15, 0.2) is 60.9 Å². The lowest BCUT2D eigenvalue weighted by molar-refractivity contribution is 0.144. The number of nitrogens with zero attached hydrogens (tertiary/aromatic N) is 3. The predicted molar refractivity (Wildman–Crippen MR) is 122 cm³/mol. The maximum absolute atomic E-state index is 10.8. The number of methoxy groups -OCH3 is 2. The van der Waals surface area contributed by atoms with Gasteiger partial charge in [0.2, 0.25) is 0 Å². The zero-order chi connectivity index (χ0) is 21.4. The Labute approximate surface area is 181 Å². The Hall–Kier alpha value is -3.38. The molecule has 0 bridgehead atoms. The van der Waals surface area contributed by atoms with Gasteiger partial charge in [-0.05, 0) is 28.8 Å². The summed E-state index contributed by atoms with van der Waals surface area (Å²) in [6.45, 7) is 1.30. The highest BCUT2D eigenvalue weighted by atomic mass is 16.5. The second kappa shape index (κ2) is 8.04. The van der Waals surface area contributed by atoms with E-state index in [9.17, 15) is 5.11 Å². The van der Waals surface area contributed by atoms with Crippen molar-refractivity contribution in [3.05, 3.63) is 66.5 Å². The molecule has 1 aliphatic rings. The molecule has 1 aliphatic heterocycles. The van der Waals surface area contributed by atoms with Crippen molar-refractivity contribution in [2.75, 3.05) is 32.2 Å². The Morgan fingerprint density at radius 1 is 0.903 bits per heavy atom. The monoisotopic (exact) mass is 415 g/mol. The van der Waals surface area contributed by atoms with Crippen LogP contribution >= 0.6 is 0 Å². The Morgan fingerprint density at radius 2 is 1.68 bits per heavy atom. The molecule has 0 saturated carbocycles. The number of benzene rings is 3. The molecule has 5 rings (SSSR count). The molecule has 2 atom stereocenters. The van der Waals surface area contributed by atoms with Gasteiger partial charge >= 0.3 is 0 Å². The number of aromatic nitrogens is 2. The summed E-state index contributed by atoms with van der Waals surface area (Å²) in [4.78, 5) is 11.2. The highest BCUT2D eigenvalue weighted by molar-refractivity contribution is 5.92. The summed E-state index contributed by atoms with van der Waals surface area (Å²) in [7, 11) is 3.23. The third-order valence-electron chi connectivity index (χ3n) is 6.11. The fourth-order valence-electron chi connectivity index (χ4n) is 4.70. The number of hydrogen-bond acceptors (Lipinski definition) is 6. The van der Waals surface area contributed by atoms with E-state index < -0.39 is 6.10 Å². The van der Waals surface area contributed by atoms with Gasteiger partial charge in [-0.15, -0.1) is 0 Å². The Balaban J connectivity index is 1.57. The van der Waals surface area contributed by atoms with E-state index in [1.807, 2.05) is 12.1 Å². The summed E-state index contributed by atoms with van der Waals surface area (Å²) in [5, 5.41) is 14.1. The van der Waals surface area contributed by atoms with Gasteiger partial charge < -0.3 is 19.5 Å². The largest absolute Gasteiger partial charge is 0.493 e. The predicted octanol–water partition coefficient (Wildman–Crippen LogP) is 4.16. The van der Waals surface area contributed by atoms with Crippen LogP contribution in [0.3, 0.4) is 0 Å². The zero-order valence-electron chi connectivity index (χ0n) is 17.7. The number of ether oxygens (including phenoxy) is 2. The van der Waals surface area contributed by atoms with Crippen molar-refractivity contribution >= 4 is 27.5 Å². The summed E-state index contributed by atoms with van der Waals surface area (Å²) in [6, 6.07) is 18.6. The Bertz CT molecular complexity index is 1240. The number of hydrogen-bond donors (Lipinski definition) is 1. The molecule has 0 amide bonds. The van der Waals surface area contributed by atoms with E-state index in [2.05, 4.69) is 57.3 Å². The highest BCUT2D eigenvalue weighted by Gasteiger charge is 2.30. The van der Waals surface area contributed by atoms with Crippen LogP contribution < -0.4 is 14.4 Å². The number of rotatable bonds is 4. The van der Waals surface area contributed by atoms with Gasteiger partial charge in [-0.3, -0.25) is 0 Å². The van der Waals surface area contributed by atoms with Gasteiger partial charge in [-0.2, -0.15) is 0 Å². The first-order chi connectivity index (χ1) is 15.2. The summed E-state index contributed by atoms with van der Waals surface area (Å²) >= 11 is 0. The fraction of sp³-hybridized carbons (Fsp3) is 0.280. The molecule has 0 unspecified atom stereocenters. The number of β-amino-alcohol motifs (C(OH)–C–C–N with tert-alkyl or cyclic N) is 1. The quantitative estimate of drug-likeness (QED) is 0.540. The van der Waals surface area contributed by atoms with Crippen LogP contribution in [0.1, 0.15) is 17.9 Å². The first-order valence-corrected chi connectivity index (χ1v) is 10.5. The molecule has 6 nitrogen and oxygen atoms in total. The third kappa shape index (κ3) is 3.53. The first-order valence-electron chi connectivity index (χ1n) is 10.5. The van der Waals surface area contributed by atoms with Gasteiger partial charge in [0.05, 0.1) is 25.8 Å². The second-order valence-electron chi connectivity index (χ2n) is 7.98. The number of aliphatic hydroxyl groups is 1. The molecule has 1 N–H and O–H groups in total. The van der Waals surface area contributed by atoms with E-state index in [0.717, 1.165) is 29.7 Å². The fourth-order valence-corrected chi connectivity index (χ4v) is 4.70. The SMILES string of the molecule is COc1cc2ncnc(N3C[C@H](O)C[C@H](c4cccc5ccccc45)C3)c2cc1OC. The molecule has 0 spiro atoms. The van der Waals surface area contributed by atoms with Gasteiger partial charge in [0, 0.05) is 30.5 Å². The second-order valence-corrected chi connectivity index (χ2v) is 7.98. The molecular formula is C25H25N3O3. The standard InChI is InChI=1S/C25H25N3O3/c1-30-23-11-21-22(12-24(23)31-2)26-15-27-25(21)28-13-17(10-18(29)14-28)20-9-5-7-16-6-3-4-8-19(16)20/h3-9,11-12,15,17-18,29H,10,13-14H2,1-2H3/t17-,18+/m0/s1. The van der Waals surface area contributed by atoms with Crippen molar-refractivity contribution in [2.24, 2.45) is 0 Å². The maximum atomic E-state index is 10.8. The average Bonchev–Trinajstić information content (AvgIpc) is 2.81. The molecule has 1 aromatic heterocycles. The number of anilines is 1. The van der Waals surface area contributed by atoms with E-state index in [1.54, 1.807) is 20.5 Å². The molecule has 3 aromatic carbocycles. The van der Waals surface area contributed by atoms with Crippen LogP contribution in [0.25, 0.3) is 21.7 Å². The van der Waals surface area contributed by atoms with Crippen molar-refractivity contribution in [1.29, 1.82) is 0 Å². The van der Waals surface area contributed by atoms with Gasteiger partial charge in [0.15, 0.2) is 11.5 Å². The molecule has 158 valence electrons. The van der Waals surface area contributed by atoms with Crippen LogP contribution in [0, 0.1) is 0 Å². The number of fused-ring (bicyclic) bond motifs is 2. The molecule has 6 heteroatoms. The topological polar surface area (TPSA) is 67.7 Å². The van der Waals surface area contributed by atoms with E-state index in [0.29, 0.717) is 18.0 Å². The van der Waals surface area contributed by atoms with Crippen molar-refractivity contribution in [2.45, 2.75) is 18.4 Å². The molecule has 0 radical (unpaired) electrons. The minimum absolute atomic E-state index is 0.194. The summed E-state index contributed by atoms with van der Waals surface area (Å²) < 4.78 is 10.9. The van der Waals surface area contributed by atoms with Gasteiger partial charge in [0.25, 0.3) is 0 Å². The number of piperidine rings is 1. The Kier molecular flexibility index (Phi) is 5.08. The summed E-state index contributed by atoms with van der Waals surface area (Å²) in [6.07, 6.45) is 1.85. The normalized spacial score (nSPS) is 19.0. The molecule has 1 saturated heterocycles. The van der Waals surface area contributed by atoms with E-state index >= 15 is 0 Å². The van der Waals surface area contributed by atoms with Crippen molar-refractivity contribution < 1.29 is 14.6 Å². The lowest BCUT2D eigenvalue weighted by atomic mass is 9.86. The molecular weight excluding hydrogens is 390 g/mol. The van der Waals surface area contributed by atoms with E-state index in [1.165, 1.54) is 16.3 Å². The van der Waals surface area contributed by atoms with Crippen LogP contribution in [-0.4, -0.2) is 48.5 Å². The van der Waals surface area contributed by atoms with Crippen LogP contribution in [-0.2, 0) is 0 Å². The number of aliphatic hydroxyl groups excluding tert-OH is 1. The molecule has 0 aliphatic carbocycles. The van der Waals surface area contributed by atoms with Crippen LogP contribution in [0.5, 0.6) is 11.5 Å². The summed E-state index contributed by atoms with van der Waals surface area (Å²) in [5.74, 6) is 2.26. The minimum Gasteiger partial charge on any atom is -0.493 e. The van der Waals surface area contributed by atoms with Crippen molar-refractivity contribution in [1.82, 2.24) is 9.97 Å². The van der Waals surface area contributed by atoms with Gasteiger partial charge in [-0.25, -0.2) is 9.97 Å². The molecule has 2 heterocycles. The molecule has 31 heavy (non-hydrogen) atoms. The van der Waals surface area contributed by atoms with Crippen LogP contribution in [0.2, 0.25) is 0 Å². The third-order valence-corrected chi connectivity index (χ3v) is 6.11. The first kappa shape index (κ1) is 19.6. The van der Waals surface area contributed by atoms with Gasteiger partial charge in [0.1, 0.15) is 12.1 Å². The smallest absolute Gasteiger partial charge is 0.162 e. The van der Waals surface area contributed by atoms with Crippen LogP contribution in [0.4, 0.5) is 5.82 Å². The highest BCUT2D eigenvalue weighted by Crippen LogP contribution is 2.38. The minimum atomic E-state index is -0.442. The van der Waals surface area contributed by atoms with Crippen molar-refractivity contribution in [3.8, 4) is 11.5 Å². The maximum Gasteiger partial charge on any atom is 0.162 e. The van der Waals surface area contributed by atoms with E-state index in [-0.39, 0.29) is 5.92 Å². The van der Waals surface area contributed by atoms with E-state index in [4.69, 9.17) is 9.47 Å². The lowest BCUT2D eigenvalue weighted by Gasteiger charge is -2.37.